The molecule has 1 aromatic carbocycles. The van der Waals surface area contributed by atoms with E-state index in [-0.39, 0.29) is 0 Å². The van der Waals surface area contributed by atoms with Crippen molar-refractivity contribution in [2.45, 2.75) is 13.3 Å². The molecule has 0 aliphatic carbocycles. The number of rotatable bonds is 2. The first-order valence-corrected chi connectivity index (χ1v) is 6.90. The Bertz CT molecular complexity index is 895. The van der Waals surface area contributed by atoms with Crippen molar-refractivity contribution in [2.24, 2.45) is 0 Å². The number of nitrogens with one attached hydrogen (secondary N) is 1. The van der Waals surface area contributed by atoms with Crippen LogP contribution >= 0.6 is 11.3 Å². The number of nitrogens with two attached hydrogens (primary N) is 1. The Morgan fingerprint density at radius 1 is 1.50 bits per heavy atom. The Morgan fingerprint density at radius 2 is 2.30 bits per heavy atom. The molecule has 0 saturated heterocycles. The van der Waals surface area contributed by atoms with E-state index in [0.717, 1.165) is 22.4 Å². The lowest BCUT2D eigenvalue weighted by atomic mass is 10.0. The maximum atomic E-state index is 11.2. The summed E-state index contributed by atoms with van der Waals surface area (Å²) in [5.74, 6) is -0.488. The number of aromatic nitrogens is 1. The molecule has 0 atom stereocenters. The van der Waals surface area contributed by atoms with Crippen molar-refractivity contribution in [1.82, 2.24) is 4.98 Å². The summed E-state index contributed by atoms with van der Waals surface area (Å²) in [6.45, 7) is 2.02. The molecule has 0 bridgehead atoms. The number of hydrogen-bond donors (Lipinski definition) is 2. The normalized spacial score (nSPS) is 10.8. The second kappa shape index (κ2) is 4.54. The number of hydrogen-bond acceptors (Lipinski definition) is 5. The van der Waals surface area contributed by atoms with Gasteiger partial charge in [0.15, 0.2) is 5.58 Å². The van der Waals surface area contributed by atoms with Crippen molar-refractivity contribution >= 4 is 27.4 Å². The summed E-state index contributed by atoms with van der Waals surface area (Å²) in [5.41, 5.74) is 9.17. The fourth-order valence-corrected chi connectivity index (χ4v) is 3.25. The quantitative estimate of drug-likeness (QED) is 0.756. The number of oxazole rings is 1. The average molecular weight is 285 g/mol. The van der Waals surface area contributed by atoms with Crippen LogP contribution in [0.1, 0.15) is 17.4 Å². The Hall–Kier alpha value is -2.52. The van der Waals surface area contributed by atoms with Crippen LogP contribution in [-0.2, 0) is 6.42 Å². The minimum absolute atomic E-state index is 0.475. The number of benzene rings is 1. The molecule has 3 aromatic rings. The molecule has 2 aromatic heterocycles. The monoisotopic (exact) mass is 285 g/mol. The minimum atomic E-state index is -0.488. The van der Waals surface area contributed by atoms with E-state index in [4.69, 9.17) is 10.2 Å². The van der Waals surface area contributed by atoms with Gasteiger partial charge >= 0.3 is 5.76 Å². The zero-order chi connectivity index (χ0) is 14.3. The topological polar surface area (TPSA) is 95.8 Å². The summed E-state index contributed by atoms with van der Waals surface area (Å²) in [4.78, 5) is 14.8. The molecule has 3 rings (SSSR count). The van der Waals surface area contributed by atoms with Crippen molar-refractivity contribution in [3.8, 4) is 17.2 Å². The lowest BCUT2D eigenvalue weighted by Crippen LogP contribution is -1.92. The highest BCUT2D eigenvalue weighted by Crippen LogP contribution is 2.39. The summed E-state index contributed by atoms with van der Waals surface area (Å²) >= 11 is 1.43. The summed E-state index contributed by atoms with van der Waals surface area (Å²) < 4.78 is 5.06. The van der Waals surface area contributed by atoms with E-state index in [2.05, 4.69) is 11.1 Å². The molecule has 5 nitrogen and oxygen atoms in total. The first kappa shape index (κ1) is 12.5. The van der Waals surface area contributed by atoms with Crippen molar-refractivity contribution in [3.05, 3.63) is 39.2 Å². The smallest absolute Gasteiger partial charge is 0.408 e. The molecule has 0 saturated carbocycles. The number of fused-ring (bicyclic) bond motifs is 1. The van der Waals surface area contributed by atoms with E-state index in [9.17, 15) is 10.1 Å². The first-order chi connectivity index (χ1) is 9.63. The van der Waals surface area contributed by atoms with Gasteiger partial charge < -0.3 is 10.2 Å². The second-order valence-electron chi connectivity index (χ2n) is 4.33. The zero-order valence-electron chi connectivity index (χ0n) is 10.7. The fourth-order valence-electron chi connectivity index (χ4n) is 2.26. The lowest BCUT2D eigenvalue weighted by molar-refractivity contribution is 0.555. The van der Waals surface area contributed by atoms with Crippen LogP contribution in [-0.4, -0.2) is 4.98 Å². The van der Waals surface area contributed by atoms with Gasteiger partial charge in [-0.1, -0.05) is 13.0 Å². The van der Waals surface area contributed by atoms with Gasteiger partial charge in [-0.3, -0.25) is 4.98 Å². The molecule has 6 heteroatoms. The van der Waals surface area contributed by atoms with E-state index in [1.165, 1.54) is 11.3 Å². The maximum absolute atomic E-state index is 11.2. The molecular weight excluding hydrogens is 274 g/mol. The van der Waals surface area contributed by atoms with Crippen LogP contribution in [0.4, 0.5) is 5.00 Å². The van der Waals surface area contributed by atoms with E-state index in [1.807, 2.05) is 13.0 Å². The van der Waals surface area contributed by atoms with Gasteiger partial charge in [-0.2, -0.15) is 5.26 Å². The zero-order valence-corrected chi connectivity index (χ0v) is 11.5. The Morgan fingerprint density at radius 3 is 3.00 bits per heavy atom. The number of aromatic amines is 1. The number of nitrogens with zero attached hydrogens (tertiary/aromatic N) is 1. The Labute approximate surface area is 118 Å². The number of thiophene rings is 1. The van der Waals surface area contributed by atoms with Gasteiger partial charge in [0.25, 0.3) is 0 Å². The van der Waals surface area contributed by atoms with Gasteiger partial charge in [-0.15, -0.1) is 11.3 Å². The predicted octanol–water partition coefficient (Wildman–Crippen LogP) is 2.87. The van der Waals surface area contributed by atoms with Gasteiger partial charge in [0, 0.05) is 10.4 Å². The summed E-state index contributed by atoms with van der Waals surface area (Å²) in [6.07, 6.45) is 0.793. The maximum Gasteiger partial charge on any atom is 0.417 e. The van der Waals surface area contributed by atoms with Crippen LogP contribution in [0, 0.1) is 11.3 Å². The number of nitriles is 1. The molecule has 0 radical (unpaired) electrons. The second-order valence-corrected chi connectivity index (χ2v) is 5.47. The minimum Gasteiger partial charge on any atom is -0.408 e. The van der Waals surface area contributed by atoms with E-state index in [0.29, 0.717) is 21.7 Å². The van der Waals surface area contributed by atoms with Crippen LogP contribution in [0.15, 0.2) is 27.4 Å². The van der Waals surface area contributed by atoms with Gasteiger partial charge in [-0.25, -0.2) is 4.79 Å². The van der Waals surface area contributed by atoms with Crippen molar-refractivity contribution in [2.75, 3.05) is 5.73 Å². The molecule has 0 amide bonds. The third-order valence-corrected chi connectivity index (χ3v) is 4.31. The highest BCUT2D eigenvalue weighted by Gasteiger charge is 2.17. The van der Waals surface area contributed by atoms with Crippen molar-refractivity contribution < 1.29 is 4.42 Å². The molecular formula is C14H11N3O2S. The van der Waals surface area contributed by atoms with E-state index >= 15 is 0 Å². The summed E-state index contributed by atoms with van der Waals surface area (Å²) in [6, 6.07) is 7.54. The number of nitrogen functional groups attached to an aromatic ring is 1. The molecule has 2 heterocycles. The standard InChI is InChI=1S/C14H11N3O2S/c1-2-11-12(8(6-15)13(16)20-11)7-3-4-9-10(5-7)19-14(18)17-9/h3-5H,2,16H2,1H3,(H,17,18). The van der Waals surface area contributed by atoms with Gasteiger partial charge in [0.05, 0.1) is 11.1 Å². The van der Waals surface area contributed by atoms with Crippen molar-refractivity contribution in [3.63, 3.8) is 0 Å². The number of anilines is 1. The Kier molecular flexibility index (Phi) is 2.84. The number of aryl methyl sites for hydroxylation is 1. The molecule has 0 aliphatic rings. The molecule has 100 valence electrons. The van der Waals surface area contributed by atoms with Gasteiger partial charge in [0.1, 0.15) is 11.1 Å². The van der Waals surface area contributed by atoms with Crippen LogP contribution in [0.2, 0.25) is 0 Å². The third kappa shape index (κ3) is 1.80. The average Bonchev–Trinajstić information content (AvgIpc) is 2.96. The van der Waals surface area contributed by atoms with E-state index in [1.54, 1.807) is 12.1 Å². The highest BCUT2D eigenvalue weighted by atomic mass is 32.1. The molecule has 0 spiro atoms. The molecule has 3 N–H and O–H groups in total. The molecule has 0 unspecified atom stereocenters. The van der Waals surface area contributed by atoms with E-state index < -0.39 is 5.76 Å². The third-order valence-electron chi connectivity index (χ3n) is 3.15. The molecule has 20 heavy (non-hydrogen) atoms. The van der Waals surface area contributed by atoms with Gasteiger partial charge in [-0.05, 0) is 24.1 Å². The van der Waals surface area contributed by atoms with Crippen LogP contribution in [0.5, 0.6) is 0 Å². The molecule has 0 fully saturated rings. The summed E-state index contributed by atoms with van der Waals surface area (Å²) in [7, 11) is 0. The first-order valence-electron chi connectivity index (χ1n) is 6.08. The number of H-pyrrole nitrogens is 1. The molecule has 0 aliphatic heterocycles. The predicted molar refractivity (Wildman–Crippen MR) is 78.7 cm³/mol. The van der Waals surface area contributed by atoms with Crippen LogP contribution < -0.4 is 11.5 Å². The van der Waals surface area contributed by atoms with Crippen molar-refractivity contribution in [1.29, 1.82) is 5.26 Å². The SMILES string of the molecule is CCc1sc(N)c(C#N)c1-c1ccc2[nH]c(=O)oc2c1. The lowest BCUT2D eigenvalue weighted by Gasteiger charge is -2.03. The Balaban J connectivity index is 2.29. The van der Waals surface area contributed by atoms with Crippen LogP contribution in [0.3, 0.4) is 0 Å². The van der Waals surface area contributed by atoms with Crippen LogP contribution in [0.25, 0.3) is 22.2 Å². The summed E-state index contributed by atoms with van der Waals surface area (Å²) in [5, 5.41) is 9.81. The largest absolute Gasteiger partial charge is 0.417 e. The highest BCUT2D eigenvalue weighted by molar-refractivity contribution is 7.16. The van der Waals surface area contributed by atoms with Gasteiger partial charge in [0.2, 0.25) is 0 Å². The fraction of sp³-hybridized carbons (Fsp3) is 0.143.